The minimum atomic E-state index is -3.01. The molecule has 2 atom stereocenters. The van der Waals surface area contributed by atoms with E-state index in [0.29, 0.717) is 6.42 Å². The van der Waals surface area contributed by atoms with Crippen molar-refractivity contribution in [3.8, 4) is 0 Å². The third-order valence-electron chi connectivity index (χ3n) is 3.63. The number of sulfone groups is 1. The van der Waals surface area contributed by atoms with Crippen LogP contribution in [0.1, 0.15) is 19.3 Å². The first-order valence-electron chi connectivity index (χ1n) is 6.38. The van der Waals surface area contributed by atoms with E-state index in [0.717, 1.165) is 19.4 Å². The van der Waals surface area contributed by atoms with Crippen LogP contribution in [-0.4, -0.2) is 67.6 Å². The van der Waals surface area contributed by atoms with Crippen LogP contribution in [0, 0.1) is 0 Å². The van der Waals surface area contributed by atoms with E-state index in [-0.39, 0.29) is 42.6 Å². The Morgan fingerprint density at radius 1 is 1.39 bits per heavy atom. The van der Waals surface area contributed by atoms with E-state index in [1.54, 1.807) is 4.90 Å². The predicted octanol–water partition coefficient (Wildman–Crippen LogP) is -1.25. The zero-order chi connectivity index (χ0) is 13.2. The Labute approximate surface area is 107 Å². The second-order valence-electron chi connectivity index (χ2n) is 4.96. The summed E-state index contributed by atoms with van der Waals surface area (Å²) in [4.78, 5) is 13.8. The summed E-state index contributed by atoms with van der Waals surface area (Å²) in [5.41, 5.74) is 0. The Kier molecular flexibility index (Phi) is 4.24. The number of nitrogens with one attached hydrogen (secondary N) is 1. The van der Waals surface area contributed by atoms with Gasteiger partial charge in [-0.2, -0.15) is 0 Å². The third kappa shape index (κ3) is 3.02. The molecule has 0 saturated carbocycles. The van der Waals surface area contributed by atoms with E-state index in [4.69, 9.17) is 5.11 Å². The molecule has 2 fully saturated rings. The first-order valence-corrected chi connectivity index (χ1v) is 8.21. The number of rotatable bonds is 4. The van der Waals surface area contributed by atoms with Gasteiger partial charge < -0.3 is 15.3 Å². The van der Waals surface area contributed by atoms with Gasteiger partial charge in [-0.25, -0.2) is 8.42 Å². The van der Waals surface area contributed by atoms with E-state index < -0.39 is 9.84 Å². The fraction of sp³-hybridized carbons (Fsp3) is 0.909. The molecule has 0 spiro atoms. The van der Waals surface area contributed by atoms with Crippen LogP contribution in [-0.2, 0) is 14.6 Å². The Morgan fingerprint density at radius 2 is 2.17 bits per heavy atom. The topological polar surface area (TPSA) is 86.7 Å². The van der Waals surface area contributed by atoms with E-state index >= 15 is 0 Å². The first kappa shape index (κ1) is 13.8. The van der Waals surface area contributed by atoms with E-state index in [2.05, 4.69) is 5.32 Å². The lowest BCUT2D eigenvalue weighted by Gasteiger charge is -2.30. The van der Waals surface area contributed by atoms with Crippen molar-refractivity contribution in [2.24, 2.45) is 0 Å². The normalized spacial score (nSPS) is 30.5. The lowest BCUT2D eigenvalue weighted by Crippen LogP contribution is -2.50. The van der Waals surface area contributed by atoms with Crippen molar-refractivity contribution in [2.75, 3.05) is 31.2 Å². The molecule has 2 aliphatic rings. The second kappa shape index (κ2) is 5.54. The van der Waals surface area contributed by atoms with Gasteiger partial charge in [-0.05, 0) is 25.8 Å². The second-order valence-corrected chi connectivity index (χ2v) is 7.19. The van der Waals surface area contributed by atoms with Gasteiger partial charge in [-0.3, -0.25) is 4.79 Å². The van der Waals surface area contributed by atoms with E-state index in [1.165, 1.54) is 0 Å². The number of aliphatic hydroxyl groups is 1. The van der Waals surface area contributed by atoms with Crippen molar-refractivity contribution in [3.05, 3.63) is 0 Å². The van der Waals surface area contributed by atoms with Gasteiger partial charge in [-0.15, -0.1) is 0 Å². The molecular weight excluding hydrogens is 256 g/mol. The minimum absolute atomic E-state index is 0.0332. The summed E-state index contributed by atoms with van der Waals surface area (Å²) in [6.45, 7) is 0.915. The quantitative estimate of drug-likeness (QED) is 0.670. The number of hydrogen-bond donors (Lipinski definition) is 2. The van der Waals surface area contributed by atoms with Gasteiger partial charge in [-0.1, -0.05) is 0 Å². The Hall–Kier alpha value is -0.660. The highest BCUT2D eigenvalue weighted by atomic mass is 32.2. The van der Waals surface area contributed by atoms with Crippen molar-refractivity contribution in [3.63, 3.8) is 0 Å². The van der Waals surface area contributed by atoms with Crippen molar-refractivity contribution in [2.45, 2.75) is 31.3 Å². The molecule has 0 bridgehead atoms. The van der Waals surface area contributed by atoms with Crippen molar-refractivity contribution in [1.29, 1.82) is 0 Å². The molecule has 0 aliphatic carbocycles. The number of aliphatic hydroxyl groups excluding tert-OH is 1. The van der Waals surface area contributed by atoms with Gasteiger partial charge >= 0.3 is 0 Å². The maximum atomic E-state index is 12.3. The van der Waals surface area contributed by atoms with Crippen LogP contribution in [0.5, 0.6) is 0 Å². The molecule has 2 heterocycles. The van der Waals surface area contributed by atoms with Crippen LogP contribution in [0.25, 0.3) is 0 Å². The van der Waals surface area contributed by atoms with Gasteiger partial charge in [0.1, 0.15) is 0 Å². The van der Waals surface area contributed by atoms with Crippen LogP contribution >= 0.6 is 0 Å². The van der Waals surface area contributed by atoms with Crippen molar-refractivity contribution < 1.29 is 18.3 Å². The van der Waals surface area contributed by atoms with Gasteiger partial charge in [0.25, 0.3) is 0 Å². The smallest absolute Gasteiger partial charge is 0.240 e. The molecule has 2 aliphatic heterocycles. The average molecular weight is 276 g/mol. The highest BCUT2D eigenvalue weighted by Crippen LogP contribution is 2.20. The van der Waals surface area contributed by atoms with Gasteiger partial charge in [0.2, 0.25) is 5.91 Å². The number of amides is 1. The number of carbonyl (C=O) groups excluding carboxylic acids is 1. The van der Waals surface area contributed by atoms with Crippen LogP contribution in [0.2, 0.25) is 0 Å². The number of carbonyl (C=O) groups is 1. The summed E-state index contributed by atoms with van der Waals surface area (Å²) in [5.74, 6) is 0.111. The molecule has 0 aromatic carbocycles. The summed E-state index contributed by atoms with van der Waals surface area (Å²) >= 11 is 0. The molecule has 18 heavy (non-hydrogen) atoms. The number of hydrogen-bond acceptors (Lipinski definition) is 5. The molecule has 104 valence electrons. The maximum Gasteiger partial charge on any atom is 0.240 e. The van der Waals surface area contributed by atoms with Crippen molar-refractivity contribution in [1.82, 2.24) is 10.2 Å². The minimum Gasteiger partial charge on any atom is -0.395 e. The Bertz CT molecular complexity index is 403. The SMILES string of the molecule is O=C([C@H]1CCCN1)N(CCO)C1CCS(=O)(=O)C1. The highest BCUT2D eigenvalue weighted by Gasteiger charge is 2.37. The molecule has 1 unspecified atom stereocenters. The molecule has 2 rings (SSSR count). The molecule has 6 nitrogen and oxygen atoms in total. The van der Waals surface area contributed by atoms with Gasteiger partial charge in [0.05, 0.1) is 24.2 Å². The fourth-order valence-electron chi connectivity index (χ4n) is 2.70. The summed E-state index contributed by atoms with van der Waals surface area (Å²) in [5, 5.41) is 12.2. The summed E-state index contributed by atoms with van der Waals surface area (Å²) in [6.07, 6.45) is 2.24. The Morgan fingerprint density at radius 3 is 2.67 bits per heavy atom. The summed E-state index contributed by atoms with van der Waals surface area (Å²) in [6, 6.07) is -0.475. The molecule has 7 heteroatoms. The molecule has 0 radical (unpaired) electrons. The molecule has 2 saturated heterocycles. The lowest BCUT2D eigenvalue weighted by atomic mass is 10.1. The zero-order valence-electron chi connectivity index (χ0n) is 10.3. The first-order chi connectivity index (χ1) is 8.53. The summed E-state index contributed by atoms with van der Waals surface area (Å²) < 4.78 is 23.0. The van der Waals surface area contributed by atoms with Gasteiger partial charge in [0, 0.05) is 12.6 Å². The van der Waals surface area contributed by atoms with E-state index in [9.17, 15) is 13.2 Å². The zero-order valence-corrected chi connectivity index (χ0v) is 11.2. The largest absolute Gasteiger partial charge is 0.395 e. The van der Waals surface area contributed by atoms with E-state index in [1.807, 2.05) is 0 Å². The van der Waals surface area contributed by atoms with Crippen LogP contribution in [0.15, 0.2) is 0 Å². The van der Waals surface area contributed by atoms with Crippen LogP contribution in [0.4, 0.5) is 0 Å². The summed E-state index contributed by atoms with van der Waals surface area (Å²) in [7, 11) is -3.01. The van der Waals surface area contributed by atoms with Crippen molar-refractivity contribution >= 4 is 15.7 Å². The van der Waals surface area contributed by atoms with Gasteiger partial charge in [0.15, 0.2) is 9.84 Å². The monoisotopic (exact) mass is 276 g/mol. The fourth-order valence-corrected chi connectivity index (χ4v) is 4.43. The lowest BCUT2D eigenvalue weighted by molar-refractivity contribution is -0.135. The predicted molar refractivity (Wildman–Crippen MR) is 66.9 cm³/mol. The standard InChI is InChI=1S/C11H20N2O4S/c14-6-5-13(9-3-7-18(16,17)8-9)11(15)10-2-1-4-12-10/h9-10,12,14H,1-8H2/t9?,10-/m1/s1. The number of nitrogens with zero attached hydrogens (tertiary/aromatic N) is 1. The highest BCUT2D eigenvalue weighted by molar-refractivity contribution is 7.91. The van der Waals surface area contributed by atoms with Crippen LogP contribution < -0.4 is 5.32 Å². The molecule has 0 aromatic rings. The third-order valence-corrected chi connectivity index (χ3v) is 5.38. The van der Waals surface area contributed by atoms with Crippen LogP contribution in [0.3, 0.4) is 0 Å². The molecule has 2 N–H and O–H groups in total. The molecular formula is C11H20N2O4S. The Balaban J connectivity index is 2.05. The molecule has 0 aromatic heterocycles. The average Bonchev–Trinajstić information content (AvgIpc) is 2.94. The maximum absolute atomic E-state index is 12.3. The molecule has 1 amide bonds.